The molecule has 1 aliphatic rings. The average molecular weight is 416 g/mol. The summed E-state index contributed by atoms with van der Waals surface area (Å²) in [4.78, 5) is 12.8. The van der Waals surface area contributed by atoms with E-state index in [1.807, 2.05) is 12.1 Å². The molecule has 2 atom stereocenters. The molecule has 1 heterocycles. The van der Waals surface area contributed by atoms with Gasteiger partial charge in [0.25, 0.3) is 5.91 Å². The number of nitrogens with one attached hydrogen (secondary N) is 2. The zero-order valence-corrected chi connectivity index (χ0v) is 16.6. The molecule has 7 heteroatoms. The quantitative estimate of drug-likeness (QED) is 0.744. The second-order valence-electron chi connectivity index (χ2n) is 6.20. The molecule has 0 saturated carbocycles. The van der Waals surface area contributed by atoms with Crippen LogP contribution in [0.1, 0.15) is 23.7 Å². The Hall–Kier alpha value is -1.46. The van der Waals surface area contributed by atoms with E-state index in [0.717, 1.165) is 19.5 Å². The van der Waals surface area contributed by atoms with Gasteiger partial charge >= 0.3 is 0 Å². The van der Waals surface area contributed by atoms with Gasteiger partial charge < -0.3 is 15.4 Å². The van der Waals surface area contributed by atoms with Crippen LogP contribution in [0.5, 0.6) is 11.5 Å². The van der Waals surface area contributed by atoms with Crippen molar-refractivity contribution >= 4 is 41.5 Å². The zero-order chi connectivity index (χ0) is 17.8. The minimum absolute atomic E-state index is 0. The molecule has 0 aliphatic carbocycles. The number of carbonyl (C=O) groups excluding carboxylic acids is 1. The van der Waals surface area contributed by atoms with Crippen molar-refractivity contribution in [3.8, 4) is 11.5 Å². The summed E-state index contributed by atoms with van der Waals surface area (Å²) in [5.74, 6) is 0.995. The van der Waals surface area contributed by atoms with Gasteiger partial charge in [-0.15, -0.1) is 12.4 Å². The lowest BCUT2D eigenvalue weighted by Gasteiger charge is -2.30. The minimum atomic E-state index is -0.230. The maximum atomic E-state index is 12.8. The van der Waals surface area contributed by atoms with Gasteiger partial charge in [0, 0.05) is 6.04 Å². The highest BCUT2D eigenvalue weighted by molar-refractivity contribution is 6.34. The number of para-hydroxylation sites is 1. The summed E-state index contributed by atoms with van der Waals surface area (Å²) in [7, 11) is 0. The van der Waals surface area contributed by atoms with E-state index in [0.29, 0.717) is 33.0 Å². The first-order valence-electron chi connectivity index (χ1n) is 8.28. The van der Waals surface area contributed by atoms with Crippen LogP contribution in [0, 0.1) is 5.92 Å². The van der Waals surface area contributed by atoms with Gasteiger partial charge in [0.2, 0.25) is 0 Å². The number of piperidine rings is 1. The van der Waals surface area contributed by atoms with Crippen LogP contribution in [0.25, 0.3) is 0 Å². The highest BCUT2D eigenvalue weighted by Crippen LogP contribution is 2.34. The summed E-state index contributed by atoms with van der Waals surface area (Å²) in [6, 6.07) is 12.4. The molecule has 2 aromatic rings. The third kappa shape index (κ3) is 4.83. The van der Waals surface area contributed by atoms with Crippen LogP contribution in [-0.4, -0.2) is 25.0 Å². The number of benzene rings is 2. The van der Waals surface area contributed by atoms with Crippen molar-refractivity contribution < 1.29 is 9.53 Å². The summed E-state index contributed by atoms with van der Waals surface area (Å²) in [6.07, 6.45) is 0.887. The van der Waals surface area contributed by atoms with Crippen molar-refractivity contribution in [3.05, 3.63) is 58.1 Å². The Morgan fingerprint density at radius 1 is 1.12 bits per heavy atom. The van der Waals surface area contributed by atoms with Crippen LogP contribution in [0.2, 0.25) is 10.0 Å². The maximum Gasteiger partial charge on any atom is 0.256 e. The number of halogens is 3. The monoisotopic (exact) mass is 414 g/mol. The Bertz CT molecular complexity index is 770. The molecule has 1 fully saturated rings. The lowest BCUT2D eigenvalue weighted by atomic mass is 9.95. The van der Waals surface area contributed by atoms with Gasteiger partial charge in [0.15, 0.2) is 0 Å². The second kappa shape index (κ2) is 9.47. The van der Waals surface area contributed by atoms with Gasteiger partial charge in [-0.25, -0.2) is 0 Å². The molecule has 1 amide bonds. The molecule has 4 nitrogen and oxygen atoms in total. The molecule has 1 aliphatic heterocycles. The lowest BCUT2D eigenvalue weighted by molar-refractivity contribution is 0.0912. The topological polar surface area (TPSA) is 50.4 Å². The number of rotatable bonds is 4. The average Bonchev–Trinajstić information content (AvgIpc) is 2.59. The molecule has 0 spiro atoms. The Kier molecular flexibility index (Phi) is 7.59. The Morgan fingerprint density at radius 3 is 2.54 bits per heavy atom. The zero-order valence-electron chi connectivity index (χ0n) is 14.3. The Labute approximate surface area is 169 Å². The number of hydrogen-bond donors (Lipinski definition) is 2. The highest BCUT2D eigenvalue weighted by Gasteiger charge is 2.25. The maximum absolute atomic E-state index is 12.8. The van der Waals surface area contributed by atoms with E-state index in [-0.39, 0.29) is 24.4 Å². The third-order valence-corrected chi connectivity index (χ3v) is 4.99. The SMILES string of the molecule is CC1CNCCC1NC(=O)c1c(Cl)cccc1Oc1ccccc1Cl.Cl. The molecule has 2 N–H and O–H groups in total. The molecule has 3 rings (SSSR count). The summed E-state index contributed by atoms with van der Waals surface area (Å²) in [6.45, 7) is 3.89. The van der Waals surface area contributed by atoms with Crippen LogP contribution in [-0.2, 0) is 0 Å². The first-order chi connectivity index (χ1) is 12.1. The van der Waals surface area contributed by atoms with Gasteiger partial charge in [-0.1, -0.05) is 48.3 Å². The smallest absolute Gasteiger partial charge is 0.256 e. The molecule has 0 aromatic heterocycles. The molecule has 2 aromatic carbocycles. The standard InChI is InChI=1S/C19H20Cl2N2O2.ClH/c1-12-11-22-10-9-15(12)23-19(24)18-14(21)6-4-8-17(18)25-16-7-3-2-5-13(16)20;/h2-8,12,15,22H,9-11H2,1H3,(H,23,24);1H. The first-order valence-corrected chi connectivity index (χ1v) is 9.04. The van der Waals surface area contributed by atoms with Crippen molar-refractivity contribution in [2.75, 3.05) is 13.1 Å². The summed E-state index contributed by atoms with van der Waals surface area (Å²) in [5.41, 5.74) is 0.329. The molecule has 140 valence electrons. The van der Waals surface area contributed by atoms with E-state index >= 15 is 0 Å². The molecule has 2 unspecified atom stereocenters. The normalized spacial score (nSPS) is 19.3. The van der Waals surface area contributed by atoms with Crippen LogP contribution in [0.15, 0.2) is 42.5 Å². The van der Waals surface area contributed by atoms with E-state index in [1.165, 1.54) is 0 Å². The fraction of sp³-hybridized carbons (Fsp3) is 0.316. The number of carbonyl (C=O) groups is 1. The van der Waals surface area contributed by atoms with E-state index in [4.69, 9.17) is 27.9 Å². The minimum Gasteiger partial charge on any atom is -0.455 e. The van der Waals surface area contributed by atoms with Gasteiger partial charge in [-0.05, 0) is 49.7 Å². The van der Waals surface area contributed by atoms with E-state index in [2.05, 4.69) is 17.6 Å². The highest BCUT2D eigenvalue weighted by atomic mass is 35.5. The van der Waals surface area contributed by atoms with Crippen molar-refractivity contribution in [3.63, 3.8) is 0 Å². The predicted molar refractivity (Wildman–Crippen MR) is 108 cm³/mol. The summed E-state index contributed by atoms with van der Waals surface area (Å²) < 4.78 is 5.87. The van der Waals surface area contributed by atoms with Crippen molar-refractivity contribution in [1.29, 1.82) is 0 Å². The molecule has 0 bridgehead atoms. The van der Waals surface area contributed by atoms with E-state index < -0.39 is 0 Å². The van der Waals surface area contributed by atoms with Crippen LogP contribution < -0.4 is 15.4 Å². The Balaban J connectivity index is 0.00000243. The number of amides is 1. The van der Waals surface area contributed by atoms with Crippen molar-refractivity contribution in [2.45, 2.75) is 19.4 Å². The summed E-state index contributed by atoms with van der Waals surface area (Å²) in [5, 5.41) is 7.24. The molecule has 26 heavy (non-hydrogen) atoms. The Morgan fingerprint density at radius 2 is 1.81 bits per heavy atom. The predicted octanol–water partition coefficient (Wildman–Crippen LogP) is 4.94. The van der Waals surface area contributed by atoms with Crippen LogP contribution in [0.4, 0.5) is 0 Å². The van der Waals surface area contributed by atoms with Crippen LogP contribution in [0.3, 0.4) is 0 Å². The molecular formula is C19H21Cl3N2O2. The van der Waals surface area contributed by atoms with Gasteiger partial charge in [-0.3, -0.25) is 4.79 Å². The van der Waals surface area contributed by atoms with Crippen LogP contribution >= 0.6 is 35.6 Å². The largest absolute Gasteiger partial charge is 0.455 e. The van der Waals surface area contributed by atoms with Crippen molar-refractivity contribution in [2.24, 2.45) is 5.92 Å². The van der Waals surface area contributed by atoms with Gasteiger partial charge in [-0.2, -0.15) is 0 Å². The molecular weight excluding hydrogens is 395 g/mol. The van der Waals surface area contributed by atoms with Gasteiger partial charge in [0.1, 0.15) is 17.1 Å². The fourth-order valence-electron chi connectivity index (χ4n) is 2.92. The molecule has 1 saturated heterocycles. The first kappa shape index (κ1) is 20.8. The fourth-order valence-corrected chi connectivity index (χ4v) is 3.35. The van der Waals surface area contributed by atoms with E-state index in [9.17, 15) is 4.79 Å². The number of hydrogen-bond acceptors (Lipinski definition) is 3. The van der Waals surface area contributed by atoms with E-state index in [1.54, 1.807) is 30.3 Å². The van der Waals surface area contributed by atoms with Gasteiger partial charge in [0.05, 0.1) is 10.0 Å². The third-order valence-electron chi connectivity index (χ3n) is 4.36. The van der Waals surface area contributed by atoms with Crippen molar-refractivity contribution in [1.82, 2.24) is 10.6 Å². The second-order valence-corrected chi connectivity index (χ2v) is 7.01. The number of ether oxygens (including phenoxy) is 1. The molecule has 0 radical (unpaired) electrons. The lowest BCUT2D eigenvalue weighted by Crippen LogP contribution is -2.48. The summed E-state index contributed by atoms with van der Waals surface area (Å²) >= 11 is 12.5.